The number of unbranched alkanes of at least 4 members (excludes halogenated alkanes) is 24. The standard InChI is InChI=1S/C75H122O6/c1-4-7-10-13-16-19-22-25-28-30-31-32-33-34-35-36-37-38-39-40-41-42-43-45-47-50-53-56-59-62-65-68-74(77)80-71-72(70-79-73(76)67-64-61-58-55-52-49-46-27-24-21-18-15-12-9-6-3)81-75(78)69-66-63-60-57-54-51-48-44-29-26-23-20-17-14-11-8-5-2/h7,10,16-21,25-29,31-32,34-35,37-38,40-41,43,45-46,72H,4-6,8-9,11-15,22-24,30,33,36,39,42,44,47-71H2,1-3H3/b10-7-,19-16-,20-17-,21-18-,28-25-,29-26-,32-31-,35-34-,38-37-,41-40-,45-43-,46-27-. The van der Waals surface area contributed by atoms with Gasteiger partial charge in [0.15, 0.2) is 6.10 Å². The van der Waals surface area contributed by atoms with Crippen LogP contribution in [0.15, 0.2) is 146 Å². The number of carbonyl (C=O) groups is 3. The molecule has 0 radical (unpaired) electrons. The van der Waals surface area contributed by atoms with Crippen molar-refractivity contribution in [3.8, 4) is 0 Å². The number of carbonyl (C=O) groups excluding carboxylic acids is 3. The van der Waals surface area contributed by atoms with E-state index in [2.05, 4.69) is 167 Å². The minimum Gasteiger partial charge on any atom is -0.462 e. The molecule has 1 unspecified atom stereocenters. The van der Waals surface area contributed by atoms with Gasteiger partial charge in [-0.2, -0.15) is 0 Å². The van der Waals surface area contributed by atoms with Crippen molar-refractivity contribution < 1.29 is 28.6 Å². The number of esters is 3. The normalized spacial score (nSPS) is 13.1. The third kappa shape index (κ3) is 66.0. The third-order valence-electron chi connectivity index (χ3n) is 13.8. The number of hydrogen-bond donors (Lipinski definition) is 0. The Balaban J connectivity index is 4.39. The predicted octanol–water partition coefficient (Wildman–Crippen LogP) is 23.1. The number of ether oxygens (including phenoxy) is 3. The lowest BCUT2D eigenvalue weighted by Crippen LogP contribution is -2.30. The summed E-state index contributed by atoms with van der Waals surface area (Å²) in [7, 11) is 0. The molecule has 458 valence electrons. The zero-order valence-electron chi connectivity index (χ0n) is 52.5. The molecule has 0 spiro atoms. The van der Waals surface area contributed by atoms with Gasteiger partial charge < -0.3 is 14.2 Å². The fourth-order valence-corrected chi connectivity index (χ4v) is 8.81. The second-order valence-corrected chi connectivity index (χ2v) is 21.6. The molecule has 0 aromatic carbocycles. The first-order valence-corrected chi connectivity index (χ1v) is 33.3. The van der Waals surface area contributed by atoms with E-state index in [4.69, 9.17) is 14.2 Å². The average molecular weight is 1120 g/mol. The molecule has 0 aliphatic carbocycles. The van der Waals surface area contributed by atoms with Crippen molar-refractivity contribution in [2.45, 2.75) is 297 Å². The fourth-order valence-electron chi connectivity index (χ4n) is 8.81. The number of hydrogen-bond acceptors (Lipinski definition) is 6. The number of allylic oxidation sites excluding steroid dienone is 24. The molecule has 0 N–H and O–H groups in total. The summed E-state index contributed by atoms with van der Waals surface area (Å²) in [5.74, 6) is -0.931. The van der Waals surface area contributed by atoms with Crippen LogP contribution >= 0.6 is 0 Å². The zero-order chi connectivity index (χ0) is 58.5. The molecular weight excluding hydrogens is 997 g/mol. The molecule has 0 aromatic rings. The van der Waals surface area contributed by atoms with Crippen molar-refractivity contribution in [2.24, 2.45) is 0 Å². The summed E-state index contributed by atoms with van der Waals surface area (Å²) >= 11 is 0. The van der Waals surface area contributed by atoms with Gasteiger partial charge in [-0.3, -0.25) is 14.4 Å². The molecule has 6 heteroatoms. The zero-order valence-corrected chi connectivity index (χ0v) is 52.5. The van der Waals surface area contributed by atoms with Gasteiger partial charge in [0.05, 0.1) is 0 Å². The van der Waals surface area contributed by atoms with Crippen molar-refractivity contribution in [2.75, 3.05) is 13.2 Å². The molecule has 0 saturated carbocycles. The maximum atomic E-state index is 12.9. The summed E-state index contributed by atoms with van der Waals surface area (Å²) in [6.07, 6.45) is 97.0. The molecular formula is C75H122O6. The first-order valence-electron chi connectivity index (χ1n) is 33.3. The van der Waals surface area contributed by atoms with Crippen LogP contribution in [-0.4, -0.2) is 37.2 Å². The molecule has 0 aliphatic heterocycles. The van der Waals surface area contributed by atoms with E-state index < -0.39 is 6.10 Å². The maximum absolute atomic E-state index is 12.9. The van der Waals surface area contributed by atoms with Gasteiger partial charge >= 0.3 is 17.9 Å². The molecule has 0 fully saturated rings. The van der Waals surface area contributed by atoms with Crippen LogP contribution in [0.3, 0.4) is 0 Å². The van der Waals surface area contributed by atoms with Crippen LogP contribution in [0.1, 0.15) is 290 Å². The molecule has 0 aromatic heterocycles. The average Bonchev–Trinajstić information content (AvgIpc) is 3.47. The molecule has 81 heavy (non-hydrogen) atoms. The van der Waals surface area contributed by atoms with Crippen molar-refractivity contribution in [3.05, 3.63) is 146 Å². The fraction of sp³-hybridized carbons (Fsp3) is 0.640. The molecule has 6 nitrogen and oxygen atoms in total. The van der Waals surface area contributed by atoms with E-state index >= 15 is 0 Å². The van der Waals surface area contributed by atoms with Gasteiger partial charge in [0.1, 0.15) is 13.2 Å². The Labute approximate surface area is 499 Å². The Hall–Kier alpha value is -4.71. The molecule has 0 rings (SSSR count). The van der Waals surface area contributed by atoms with E-state index in [1.165, 1.54) is 89.9 Å². The summed E-state index contributed by atoms with van der Waals surface area (Å²) < 4.78 is 16.9. The van der Waals surface area contributed by atoms with Gasteiger partial charge in [0.2, 0.25) is 0 Å². The van der Waals surface area contributed by atoms with Gasteiger partial charge in [0.25, 0.3) is 0 Å². The first kappa shape index (κ1) is 76.3. The second kappa shape index (κ2) is 67.8. The largest absolute Gasteiger partial charge is 0.462 e. The Bertz CT molecular complexity index is 1760. The van der Waals surface area contributed by atoms with Crippen molar-refractivity contribution in [3.63, 3.8) is 0 Å². The highest BCUT2D eigenvalue weighted by molar-refractivity contribution is 5.71. The van der Waals surface area contributed by atoms with E-state index in [1.54, 1.807) is 0 Å². The van der Waals surface area contributed by atoms with Crippen LogP contribution in [-0.2, 0) is 28.6 Å². The smallest absolute Gasteiger partial charge is 0.306 e. The Kier molecular flexibility index (Phi) is 63.9. The Morgan fingerprint density at radius 2 is 0.481 bits per heavy atom. The van der Waals surface area contributed by atoms with E-state index in [9.17, 15) is 14.4 Å². The van der Waals surface area contributed by atoms with Crippen LogP contribution in [0.25, 0.3) is 0 Å². The number of rotatable bonds is 59. The summed E-state index contributed by atoms with van der Waals surface area (Å²) in [5.41, 5.74) is 0. The van der Waals surface area contributed by atoms with Gasteiger partial charge in [0, 0.05) is 19.3 Å². The van der Waals surface area contributed by atoms with Gasteiger partial charge in [-0.05, 0) is 148 Å². The Morgan fingerprint density at radius 1 is 0.259 bits per heavy atom. The minimum atomic E-state index is -0.802. The molecule has 0 heterocycles. The third-order valence-corrected chi connectivity index (χ3v) is 13.8. The predicted molar refractivity (Wildman–Crippen MR) is 352 cm³/mol. The molecule has 0 aliphatic rings. The Morgan fingerprint density at radius 3 is 0.753 bits per heavy atom. The molecule has 0 saturated heterocycles. The van der Waals surface area contributed by atoms with Crippen LogP contribution in [0, 0.1) is 0 Å². The van der Waals surface area contributed by atoms with Crippen LogP contribution < -0.4 is 0 Å². The topological polar surface area (TPSA) is 78.9 Å². The van der Waals surface area contributed by atoms with Crippen LogP contribution in [0.2, 0.25) is 0 Å². The first-order chi connectivity index (χ1) is 40.0. The van der Waals surface area contributed by atoms with E-state index in [0.29, 0.717) is 19.3 Å². The van der Waals surface area contributed by atoms with E-state index in [0.717, 1.165) is 161 Å². The SMILES string of the molecule is CC/C=C\C/C=C\C/C=C\C/C=C\C/C=C\C/C=C\C/C=C\C/C=C\CCCCCCCCC(=O)OCC(COC(=O)CCCCCCC/C=C\C/C=C\CCCCC)OC(=O)CCCCCCCCC/C=C\C/C=C\CCCCC. The summed E-state index contributed by atoms with van der Waals surface area (Å²) in [5, 5.41) is 0. The van der Waals surface area contributed by atoms with Crippen LogP contribution in [0.4, 0.5) is 0 Å². The molecule has 0 amide bonds. The lowest BCUT2D eigenvalue weighted by molar-refractivity contribution is -0.167. The maximum Gasteiger partial charge on any atom is 0.306 e. The quantitative estimate of drug-likeness (QED) is 0.0261. The lowest BCUT2D eigenvalue weighted by atomic mass is 10.1. The summed E-state index contributed by atoms with van der Waals surface area (Å²) in [6, 6.07) is 0. The van der Waals surface area contributed by atoms with Gasteiger partial charge in [-0.1, -0.05) is 269 Å². The minimum absolute atomic E-state index is 0.0972. The summed E-state index contributed by atoms with van der Waals surface area (Å²) in [4.78, 5) is 38.4. The van der Waals surface area contributed by atoms with Crippen molar-refractivity contribution in [1.29, 1.82) is 0 Å². The second-order valence-electron chi connectivity index (χ2n) is 21.6. The highest BCUT2D eigenvalue weighted by Crippen LogP contribution is 2.15. The van der Waals surface area contributed by atoms with Gasteiger partial charge in [-0.15, -0.1) is 0 Å². The highest BCUT2D eigenvalue weighted by atomic mass is 16.6. The monoisotopic (exact) mass is 1120 g/mol. The highest BCUT2D eigenvalue weighted by Gasteiger charge is 2.19. The summed E-state index contributed by atoms with van der Waals surface area (Å²) in [6.45, 7) is 6.45. The van der Waals surface area contributed by atoms with Gasteiger partial charge in [-0.25, -0.2) is 0 Å². The van der Waals surface area contributed by atoms with Crippen molar-refractivity contribution >= 4 is 17.9 Å². The lowest BCUT2D eigenvalue weighted by Gasteiger charge is -2.18. The molecule has 0 bridgehead atoms. The van der Waals surface area contributed by atoms with E-state index in [-0.39, 0.29) is 31.1 Å². The van der Waals surface area contributed by atoms with E-state index in [1.807, 2.05) is 0 Å². The van der Waals surface area contributed by atoms with Crippen molar-refractivity contribution in [1.82, 2.24) is 0 Å². The van der Waals surface area contributed by atoms with Crippen LogP contribution in [0.5, 0.6) is 0 Å². The molecule has 1 atom stereocenters.